The van der Waals surface area contributed by atoms with Crippen molar-refractivity contribution in [2.75, 3.05) is 0 Å². The van der Waals surface area contributed by atoms with Gasteiger partial charge in [0.1, 0.15) is 6.10 Å². The molecule has 5 rings (SSSR count). The van der Waals surface area contributed by atoms with Crippen molar-refractivity contribution in [2.24, 2.45) is 5.92 Å². The van der Waals surface area contributed by atoms with Gasteiger partial charge in [-0.3, -0.25) is 4.79 Å². The number of fused-ring (bicyclic) bond motifs is 1. The Morgan fingerprint density at radius 1 is 0.938 bits per heavy atom. The lowest BCUT2D eigenvalue weighted by Gasteiger charge is -2.25. The Kier molecular flexibility index (Phi) is 5.53. The third kappa shape index (κ3) is 4.18. The first-order valence-corrected chi connectivity index (χ1v) is 11.1. The summed E-state index contributed by atoms with van der Waals surface area (Å²) in [4.78, 5) is 23.4. The molecule has 2 N–H and O–H groups in total. The minimum Gasteiger partial charge on any atom is -0.481 e. The number of benzene rings is 2. The van der Waals surface area contributed by atoms with Crippen molar-refractivity contribution in [2.45, 2.75) is 31.8 Å². The number of aliphatic carboxylic acids is 1. The molecule has 1 fully saturated rings. The predicted octanol–water partition coefficient (Wildman–Crippen LogP) is 5.97. The predicted molar refractivity (Wildman–Crippen MR) is 124 cm³/mol. The van der Waals surface area contributed by atoms with Crippen LogP contribution in [0.4, 0.5) is 0 Å². The second-order valence-corrected chi connectivity index (χ2v) is 8.51. The van der Waals surface area contributed by atoms with Crippen LogP contribution in [0.2, 0.25) is 5.02 Å². The first-order chi connectivity index (χ1) is 15.6. The van der Waals surface area contributed by atoms with Gasteiger partial charge in [-0.1, -0.05) is 66.2 Å². The second kappa shape index (κ2) is 8.63. The van der Waals surface area contributed by atoms with E-state index in [-0.39, 0.29) is 12.0 Å². The molecular weight excluding hydrogens is 426 g/mol. The molecule has 2 heterocycles. The van der Waals surface area contributed by atoms with Gasteiger partial charge in [0.2, 0.25) is 0 Å². The number of aromatic amines is 1. The summed E-state index contributed by atoms with van der Waals surface area (Å²) in [5.74, 6) is -1.00. The highest BCUT2D eigenvalue weighted by Gasteiger charge is 2.27. The normalized spacial score (nSPS) is 18.5. The van der Waals surface area contributed by atoms with E-state index < -0.39 is 5.97 Å². The number of nitrogens with one attached hydrogen (secondary N) is 1. The van der Waals surface area contributed by atoms with Crippen LogP contribution in [0, 0.1) is 5.92 Å². The van der Waals surface area contributed by atoms with E-state index in [1.165, 1.54) is 0 Å². The Labute approximate surface area is 190 Å². The molecular formula is C25H22ClN3O3. The molecule has 162 valence electrons. The van der Waals surface area contributed by atoms with E-state index in [1.807, 2.05) is 36.4 Å². The molecule has 0 aliphatic heterocycles. The summed E-state index contributed by atoms with van der Waals surface area (Å²) in [6.45, 7) is 0. The lowest BCUT2D eigenvalue weighted by Crippen LogP contribution is -2.28. The number of imidazole rings is 1. The van der Waals surface area contributed by atoms with Gasteiger partial charge in [0.15, 0.2) is 5.65 Å². The number of halogens is 1. The van der Waals surface area contributed by atoms with Gasteiger partial charge in [0.25, 0.3) is 6.01 Å². The fourth-order valence-corrected chi connectivity index (χ4v) is 4.45. The molecule has 2 aromatic carbocycles. The number of carboxylic acids is 1. The maximum absolute atomic E-state index is 11.1. The van der Waals surface area contributed by atoms with Crippen molar-refractivity contribution in [1.82, 2.24) is 15.0 Å². The van der Waals surface area contributed by atoms with Gasteiger partial charge in [-0.15, -0.1) is 0 Å². The molecule has 0 radical (unpaired) electrons. The summed E-state index contributed by atoms with van der Waals surface area (Å²) in [7, 11) is 0. The molecule has 0 unspecified atom stereocenters. The molecule has 7 heteroatoms. The van der Waals surface area contributed by atoms with Crippen LogP contribution in [0.1, 0.15) is 25.7 Å². The van der Waals surface area contributed by atoms with Crippen LogP contribution in [-0.4, -0.2) is 32.1 Å². The molecule has 6 nitrogen and oxygen atoms in total. The standard InChI is InChI=1S/C25H22ClN3O3/c26-20-14-21-23(29-25(27-21)32-19-12-10-18(11-13-19)24(30)31)28-22(20)17-8-6-16(7-9-17)15-4-2-1-3-5-15/h1-9,14,18-19H,10-13H2,(H,30,31)(H,27,28,29)/t18-,19-. The van der Waals surface area contributed by atoms with E-state index in [9.17, 15) is 4.79 Å². The summed E-state index contributed by atoms with van der Waals surface area (Å²) in [6.07, 6.45) is 2.58. The Hall–Kier alpha value is -3.38. The maximum atomic E-state index is 11.1. The van der Waals surface area contributed by atoms with E-state index >= 15 is 0 Å². The molecule has 0 bridgehead atoms. The van der Waals surface area contributed by atoms with Crippen molar-refractivity contribution in [1.29, 1.82) is 0 Å². The topological polar surface area (TPSA) is 88.1 Å². The third-order valence-corrected chi connectivity index (χ3v) is 6.26. The lowest BCUT2D eigenvalue weighted by atomic mass is 9.87. The zero-order valence-electron chi connectivity index (χ0n) is 17.3. The Balaban J connectivity index is 1.35. The monoisotopic (exact) mass is 447 g/mol. The number of carboxylic acid groups (broad SMARTS) is 1. The van der Waals surface area contributed by atoms with Crippen LogP contribution in [0.15, 0.2) is 60.7 Å². The summed E-state index contributed by atoms with van der Waals surface area (Å²) in [5, 5.41) is 9.68. The summed E-state index contributed by atoms with van der Waals surface area (Å²) < 4.78 is 5.98. The summed E-state index contributed by atoms with van der Waals surface area (Å²) >= 11 is 6.53. The van der Waals surface area contributed by atoms with Crippen molar-refractivity contribution >= 4 is 28.7 Å². The van der Waals surface area contributed by atoms with E-state index in [0.29, 0.717) is 53.6 Å². The molecule has 0 spiro atoms. The van der Waals surface area contributed by atoms with Gasteiger partial charge >= 0.3 is 5.97 Å². The highest BCUT2D eigenvalue weighted by Crippen LogP contribution is 2.32. The molecule has 0 amide bonds. The molecule has 1 aliphatic carbocycles. The Morgan fingerprint density at radius 2 is 1.59 bits per heavy atom. The van der Waals surface area contributed by atoms with Gasteiger partial charge in [-0.25, -0.2) is 4.98 Å². The summed E-state index contributed by atoms with van der Waals surface area (Å²) in [5.41, 5.74) is 5.09. The van der Waals surface area contributed by atoms with Crippen LogP contribution in [0.3, 0.4) is 0 Å². The van der Waals surface area contributed by atoms with Crippen LogP contribution in [0.25, 0.3) is 33.5 Å². The van der Waals surface area contributed by atoms with E-state index in [4.69, 9.17) is 21.4 Å². The van der Waals surface area contributed by atoms with E-state index in [2.05, 4.69) is 39.2 Å². The number of rotatable bonds is 5. The fraction of sp³-hybridized carbons (Fsp3) is 0.240. The summed E-state index contributed by atoms with van der Waals surface area (Å²) in [6, 6.07) is 20.5. The second-order valence-electron chi connectivity index (χ2n) is 8.11. The van der Waals surface area contributed by atoms with Crippen molar-refractivity contribution < 1.29 is 14.6 Å². The SMILES string of the molecule is O=C(O)[C@H]1CC[C@H](Oc2nc3nc(-c4ccc(-c5ccccc5)cc4)c(Cl)cc3[nH]2)CC1. The Morgan fingerprint density at radius 3 is 2.28 bits per heavy atom. The van der Waals surface area contributed by atoms with Gasteiger partial charge in [-0.2, -0.15) is 4.98 Å². The van der Waals surface area contributed by atoms with Crippen molar-refractivity contribution in [3.8, 4) is 28.4 Å². The van der Waals surface area contributed by atoms with Crippen LogP contribution >= 0.6 is 11.6 Å². The molecule has 0 saturated heterocycles. The van der Waals surface area contributed by atoms with Gasteiger partial charge in [0, 0.05) is 5.56 Å². The van der Waals surface area contributed by atoms with Crippen LogP contribution in [-0.2, 0) is 4.79 Å². The first kappa shape index (κ1) is 20.5. The number of carbonyl (C=O) groups is 1. The van der Waals surface area contributed by atoms with Gasteiger partial charge < -0.3 is 14.8 Å². The number of aromatic nitrogens is 3. The van der Waals surface area contributed by atoms with Gasteiger partial charge in [-0.05, 0) is 42.9 Å². The molecule has 1 aliphatic rings. The Bertz CT molecular complexity index is 1250. The zero-order valence-corrected chi connectivity index (χ0v) is 18.0. The molecule has 1 saturated carbocycles. The molecule has 0 atom stereocenters. The minimum atomic E-state index is -0.727. The third-order valence-electron chi connectivity index (χ3n) is 5.97. The molecule has 2 aromatic heterocycles. The quantitative estimate of drug-likeness (QED) is 0.393. The first-order valence-electron chi connectivity index (χ1n) is 10.7. The van der Waals surface area contributed by atoms with Crippen molar-refractivity contribution in [3.05, 3.63) is 65.7 Å². The lowest BCUT2D eigenvalue weighted by molar-refractivity contribution is -0.143. The average Bonchev–Trinajstić information content (AvgIpc) is 3.20. The maximum Gasteiger partial charge on any atom is 0.306 e. The zero-order chi connectivity index (χ0) is 22.1. The highest BCUT2D eigenvalue weighted by atomic mass is 35.5. The van der Waals surface area contributed by atoms with E-state index in [0.717, 1.165) is 16.7 Å². The molecule has 32 heavy (non-hydrogen) atoms. The average molecular weight is 448 g/mol. The number of hydrogen-bond donors (Lipinski definition) is 2. The fourth-order valence-electron chi connectivity index (χ4n) is 4.19. The highest BCUT2D eigenvalue weighted by molar-refractivity contribution is 6.33. The van der Waals surface area contributed by atoms with E-state index in [1.54, 1.807) is 0 Å². The number of pyridine rings is 1. The van der Waals surface area contributed by atoms with Crippen LogP contribution in [0.5, 0.6) is 6.01 Å². The number of nitrogens with zero attached hydrogens (tertiary/aromatic N) is 2. The minimum absolute atomic E-state index is 0.0494. The van der Waals surface area contributed by atoms with Gasteiger partial charge in [0.05, 0.1) is 22.2 Å². The largest absolute Gasteiger partial charge is 0.481 e. The van der Waals surface area contributed by atoms with Crippen LogP contribution < -0.4 is 4.74 Å². The number of H-pyrrole nitrogens is 1. The number of hydrogen-bond acceptors (Lipinski definition) is 4. The smallest absolute Gasteiger partial charge is 0.306 e. The molecule has 4 aromatic rings. The van der Waals surface area contributed by atoms with Crippen molar-refractivity contribution in [3.63, 3.8) is 0 Å². The number of ether oxygens (including phenoxy) is 1.